The molecule has 0 saturated carbocycles. The minimum Gasteiger partial charge on any atom is -0.378 e. The maximum Gasteiger partial charge on any atom is 0.312 e. The van der Waals surface area contributed by atoms with E-state index in [1.807, 2.05) is 24.5 Å². The summed E-state index contributed by atoms with van der Waals surface area (Å²) in [7, 11) is 0. The van der Waals surface area contributed by atoms with Crippen LogP contribution in [-0.2, 0) is 4.74 Å². The number of halogens is 2. The summed E-state index contributed by atoms with van der Waals surface area (Å²) in [6, 6.07) is 2.01. The van der Waals surface area contributed by atoms with E-state index in [0.29, 0.717) is 27.7 Å². The number of morpholine rings is 1. The van der Waals surface area contributed by atoms with Crippen LogP contribution in [0.3, 0.4) is 0 Å². The van der Waals surface area contributed by atoms with Gasteiger partial charge < -0.3 is 14.2 Å². The molecule has 0 amide bonds. The van der Waals surface area contributed by atoms with E-state index in [-0.39, 0.29) is 11.7 Å². The molecule has 1 saturated heterocycles. The largest absolute Gasteiger partial charge is 0.378 e. The van der Waals surface area contributed by atoms with Crippen molar-refractivity contribution in [1.29, 1.82) is 0 Å². The fraction of sp³-hybridized carbons (Fsp3) is 0.500. The zero-order valence-corrected chi connectivity index (χ0v) is 15.9. The summed E-state index contributed by atoms with van der Waals surface area (Å²) in [5.74, 6) is 0.756. The lowest BCUT2D eigenvalue weighted by molar-refractivity contribution is -0.384. The van der Waals surface area contributed by atoms with E-state index >= 15 is 0 Å². The predicted molar refractivity (Wildman–Crippen MR) is 95.2 cm³/mol. The lowest BCUT2D eigenvalue weighted by Gasteiger charge is -2.29. The molecule has 1 aliphatic heterocycles. The van der Waals surface area contributed by atoms with Gasteiger partial charge in [-0.3, -0.25) is 10.1 Å². The number of fused-ring (bicyclic) bond motifs is 1. The number of anilines is 1. The zero-order chi connectivity index (χ0) is 16.7. The Hall–Kier alpha value is -1.19. The molecule has 0 spiro atoms. The SMILES string of the molecule is CC(C)n1c(N2CCOCC2)nc2c([N+](=O)[O-])c(Br)c(Br)cc21. The highest BCUT2D eigenvalue weighted by molar-refractivity contribution is 9.13. The van der Waals surface area contributed by atoms with Crippen molar-refractivity contribution in [3.63, 3.8) is 0 Å². The van der Waals surface area contributed by atoms with Crippen LogP contribution in [0.2, 0.25) is 0 Å². The molecule has 3 rings (SSSR count). The molecule has 2 aromatic rings. The smallest absolute Gasteiger partial charge is 0.312 e. The van der Waals surface area contributed by atoms with Crippen LogP contribution in [0.5, 0.6) is 0 Å². The molecular weight excluding hydrogens is 432 g/mol. The molecule has 0 bridgehead atoms. The molecule has 7 nitrogen and oxygen atoms in total. The van der Waals surface area contributed by atoms with Crippen molar-refractivity contribution in [1.82, 2.24) is 9.55 Å². The maximum atomic E-state index is 11.5. The maximum absolute atomic E-state index is 11.5. The summed E-state index contributed by atoms with van der Waals surface area (Å²) in [4.78, 5) is 17.9. The first-order chi connectivity index (χ1) is 10.9. The average molecular weight is 448 g/mol. The topological polar surface area (TPSA) is 73.4 Å². The van der Waals surface area contributed by atoms with Crippen LogP contribution >= 0.6 is 31.9 Å². The molecule has 0 N–H and O–H groups in total. The number of imidazole rings is 1. The molecule has 1 aliphatic rings. The van der Waals surface area contributed by atoms with E-state index in [0.717, 1.165) is 24.6 Å². The summed E-state index contributed by atoms with van der Waals surface area (Å²) >= 11 is 6.70. The third-order valence-corrected chi connectivity index (χ3v) is 5.79. The van der Waals surface area contributed by atoms with Gasteiger partial charge in [-0.1, -0.05) is 0 Å². The average Bonchev–Trinajstić information content (AvgIpc) is 2.87. The van der Waals surface area contributed by atoms with Crippen LogP contribution in [0.15, 0.2) is 15.0 Å². The Morgan fingerprint density at radius 1 is 1.35 bits per heavy atom. The van der Waals surface area contributed by atoms with Crippen LogP contribution in [0.1, 0.15) is 19.9 Å². The van der Waals surface area contributed by atoms with Crippen molar-refractivity contribution in [3.05, 3.63) is 25.1 Å². The third-order valence-electron chi connectivity index (χ3n) is 3.83. The van der Waals surface area contributed by atoms with Crippen molar-refractivity contribution in [2.75, 3.05) is 31.2 Å². The first-order valence-corrected chi connectivity index (χ1v) is 8.87. The molecule has 0 atom stereocenters. The van der Waals surface area contributed by atoms with Gasteiger partial charge in [0.2, 0.25) is 5.95 Å². The number of nitrogens with zero attached hydrogens (tertiary/aromatic N) is 4. The van der Waals surface area contributed by atoms with Crippen molar-refractivity contribution < 1.29 is 9.66 Å². The molecule has 124 valence electrons. The number of nitro benzene ring substituents is 1. The molecule has 2 heterocycles. The van der Waals surface area contributed by atoms with Gasteiger partial charge in [0, 0.05) is 23.6 Å². The van der Waals surface area contributed by atoms with Crippen LogP contribution in [0, 0.1) is 10.1 Å². The third kappa shape index (κ3) is 2.85. The molecular formula is C14H16Br2N4O3. The minimum atomic E-state index is -0.391. The summed E-state index contributed by atoms with van der Waals surface area (Å²) in [6.07, 6.45) is 0. The van der Waals surface area contributed by atoms with Gasteiger partial charge in [-0.15, -0.1) is 0 Å². The van der Waals surface area contributed by atoms with Gasteiger partial charge in [0.05, 0.1) is 23.7 Å². The van der Waals surface area contributed by atoms with Gasteiger partial charge in [-0.05, 0) is 51.8 Å². The molecule has 0 aliphatic carbocycles. The highest BCUT2D eigenvalue weighted by atomic mass is 79.9. The van der Waals surface area contributed by atoms with Crippen LogP contribution in [0.4, 0.5) is 11.6 Å². The van der Waals surface area contributed by atoms with Crippen LogP contribution in [0.25, 0.3) is 11.0 Å². The molecule has 1 fully saturated rings. The lowest BCUT2D eigenvalue weighted by Crippen LogP contribution is -2.38. The second-order valence-corrected chi connectivity index (χ2v) is 7.27. The van der Waals surface area contributed by atoms with Gasteiger partial charge in [0.25, 0.3) is 0 Å². The molecule has 0 radical (unpaired) electrons. The van der Waals surface area contributed by atoms with Crippen LogP contribution in [-0.4, -0.2) is 40.8 Å². The number of hydrogen-bond donors (Lipinski definition) is 0. The standard InChI is InChI=1S/C14H16Br2N4O3/c1-8(2)19-10-7-9(15)11(16)13(20(21)22)12(10)17-14(19)18-3-5-23-6-4-18/h7-8H,3-6H2,1-2H3. The molecule has 0 unspecified atom stereocenters. The van der Waals surface area contributed by atoms with E-state index in [2.05, 4.69) is 41.7 Å². The second kappa shape index (κ2) is 6.37. The number of rotatable bonds is 3. The van der Waals surface area contributed by atoms with E-state index in [1.165, 1.54) is 0 Å². The molecule has 1 aromatic carbocycles. The summed E-state index contributed by atoms with van der Waals surface area (Å²) in [6.45, 7) is 6.83. The Morgan fingerprint density at radius 2 is 2.00 bits per heavy atom. The number of hydrogen-bond acceptors (Lipinski definition) is 5. The van der Waals surface area contributed by atoms with E-state index in [4.69, 9.17) is 4.74 Å². The lowest BCUT2D eigenvalue weighted by atomic mass is 10.2. The zero-order valence-electron chi connectivity index (χ0n) is 12.8. The summed E-state index contributed by atoms with van der Waals surface area (Å²) in [5.41, 5.74) is 1.15. The summed E-state index contributed by atoms with van der Waals surface area (Å²) < 4.78 is 8.50. The molecule has 23 heavy (non-hydrogen) atoms. The Labute approximate surface area is 150 Å². The van der Waals surface area contributed by atoms with Crippen molar-refractivity contribution >= 4 is 54.5 Å². The van der Waals surface area contributed by atoms with Gasteiger partial charge in [0.15, 0.2) is 5.52 Å². The highest BCUT2D eigenvalue weighted by Crippen LogP contribution is 2.41. The van der Waals surface area contributed by atoms with Gasteiger partial charge >= 0.3 is 5.69 Å². The second-order valence-electron chi connectivity index (χ2n) is 5.62. The van der Waals surface area contributed by atoms with E-state index < -0.39 is 4.92 Å². The highest BCUT2D eigenvalue weighted by Gasteiger charge is 2.28. The Kier molecular flexibility index (Phi) is 4.61. The Morgan fingerprint density at radius 3 is 2.57 bits per heavy atom. The fourth-order valence-corrected chi connectivity index (χ4v) is 3.66. The van der Waals surface area contributed by atoms with Gasteiger partial charge in [0.1, 0.15) is 4.47 Å². The summed E-state index contributed by atoms with van der Waals surface area (Å²) in [5, 5.41) is 11.5. The quantitative estimate of drug-likeness (QED) is 0.527. The predicted octanol–water partition coefficient (Wildman–Crippen LogP) is 3.89. The number of benzene rings is 1. The Bertz CT molecular complexity index is 769. The van der Waals surface area contributed by atoms with Crippen molar-refractivity contribution in [3.8, 4) is 0 Å². The first kappa shape index (κ1) is 16.7. The van der Waals surface area contributed by atoms with Crippen molar-refractivity contribution in [2.45, 2.75) is 19.9 Å². The van der Waals surface area contributed by atoms with Gasteiger partial charge in [-0.25, -0.2) is 4.98 Å². The first-order valence-electron chi connectivity index (χ1n) is 7.28. The minimum absolute atomic E-state index is 0.0108. The van der Waals surface area contributed by atoms with E-state index in [1.54, 1.807) is 0 Å². The number of nitro groups is 1. The fourth-order valence-electron chi connectivity index (χ4n) is 2.81. The number of aromatic nitrogens is 2. The van der Waals surface area contributed by atoms with Crippen molar-refractivity contribution in [2.24, 2.45) is 0 Å². The monoisotopic (exact) mass is 446 g/mol. The van der Waals surface area contributed by atoms with Crippen LogP contribution < -0.4 is 4.90 Å². The van der Waals surface area contributed by atoms with Gasteiger partial charge in [-0.2, -0.15) is 0 Å². The molecule has 9 heteroatoms. The normalized spacial score (nSPS) is 15.6. The number of ether oxygens (including phenoxy) is 1. The van der Waals surface area contributed by atoms with E-state index in [9.17, 15) is 10.1 Å². The molecule has 1 aromatic heterocycles. The Balaban J connectivity index is 2.30.